The summed E-state index contributed by atoms with van der Waals surface area (Å²) in [5.41, 5.74) is 13.8. The van der Waals surface area contributed by atoms with Crippen LogP contribution in [0.25, 0.3) is 0 Å². The van der Waals surface area contributed by atoms with Gasteiger partial charge in [-0.25, -0.2) is 0 Å². The van der Waals surface area contributed by atoms with Crippen molar-refractivity contribution in [1.82, 2.24) is 25.4 Å². The van der Waals surface area contributed by atoms with Crippen molar-refractivity contribution in [3.8, 4) is 11.5 Å². The zero-order valence-corrected chi connectivity index (χ0v) is 47.4. The highest BCUT2D eigenvalue weighted by molar-refractivity contribution is 7.97. The van der Waals surface area contributed by atoms with Gasteiger partial charge in [-0.05, 0) is 104 Å². The van der Waals surface area contributed by atoms with E-state index in [1.807, 2.05) is 42.5 Å². The second-order valence-electron chi connectivity index (χ2n) is 18.2. The van der Waals surface area contributed by atoms with Gasteiger partial charge in [0, 0.05) is 62.4 Å². The molecule has 0 aromatic heterocycles. The summed E-state index contributed by atoms with van der Waals surface area (Å²) >= 11 is 0.0800. The topological polar surface area (TPSA) is 299 Å². The molecule has 2 unspecified atom stereocenters. The Hall–Kier alpha value is -4.19. The van der Waals surface area contributed by atoms with Crippen molar-refractivity contribution < 1.29 is 71.4 Å². The first-order chi connectivity index (χ1) is 38.6. The normalized spacial score (nSPS) is 14.1. The molecule has 22 nitrogen and oxygen atoms in total. The van der Waals surface area contributed by atoms with E-state index in [9.17, 15) is 24.0 Å². The molecule has 79 heavy (non-hydrogen) atoms. The summed E-state index contributed by atoms with van der Waals surface area (Å²) in [5, 5.41) is 17.9. The van der Waals surface area contributed by atoms with Crippen LogP contribution in [0.5, 0.6) is 11.5 Å². The molecule has 0 saturated heterocycles. The first-order valence-electron chi connectivity index (χ1n) is 27.3. The average molecular weight is 1150 g/mol. The van der Waals surface area contributed by atoms with Crippen molar-refractivity contribution in [1.29, 1.82) is 0 Å². The Bertz CT molecular complexity index is 2060. The van der Waals surface area contributed by atoms with E-state index < -0.39 is 16.9 Å². The van der Waals surface area contributed by atoms with Gasteiger partial charge in [0.15, 0.2) is 4.90 Å². The molecule has 3 atom stereocenters. The van der Waals surface area contributed by atoms with Gasteiger partial charge in [0.1, 0.15) is 17.6 Å². The maximum Gasteiger partial charge on any atom is 0.220 e. The molecule has 3 amide bonds. The minimum Gasteiger partial charge on any atom is -0.593 e. The minimum atomic E-state index is -1.38. The molecule has 0 spiro atoms. The van der Waals surface area contributed by atoms with Crippen LogP contribution in [0.4, 0.5) is 0 Å². The molecular formula is C55H87N7O15S2. The number of ether oxygens (including phenoxy) is 10. The Balaban J connectivity index is 0.999. The number of aromatic hydroxyl groups is 1. The summed E-state index contributed by atoms with van der Waals surface area (Å²) in [6.07, 6.45) is 3.09. The molecule has 3 aromatic carbocycles. The Morgan fingerprint density at radius 3 is 1.48 bits per heavy atom. The molecule has 0 bridgehead atoms. The number of hydrogen-bond acceptors (Lipinski definition) is 20. The lowest BCUT2D eigenvalue weighted by molar-refractivity contribution is -0.121. The number of hydrogen-bond donors (Lipinski definition) is 8. The number of nitrogens with two attached hydrogens (primary N) is 2. The molecule has 0 radical (unpaired) electrons. The highest BCUT2D eigenvalue weighted by Crippen LogP contribution is 2.35. The molecule has 1 aliphatic carbocycles. The molecule has 0 saturated carbocycles. The van der Waals surface area contributed by atoms with Crippen LogP contribution < -0.4 is 41.6 Å². The standard InChI is InChI=1S/C55H87N7O15S2/c56-21-27-68-33-39-74-40-34-69-28-22-58-52(64)15-18-55(57,19-16-53(65)59-23-29-70-35-41-75-43-37-72-31-25-61-78-48-10-6-46(63)7-11-48)20-17-54(66)60-24-30-71-36-42-76-44-38-73-32-26-62-79(67)49-12-8-47(9-13-49)77-51-14-5-45-3-1-2-4-50(45)51/h1-4,6-13,51,61-63H,5,14-44,56-57H2,(H,58,64)(H,59,65)(H,60,66)/t51-,55?,79?/m1/s1. The van der Waals surface area contributed by atoms with Gasteiger partial charge in [0.05, 0.1) is 137 Å². The Morgan fingerprint density at radius 1 is 0.570 bits per heavy atom. The van der Waals surface area contributed by atoms with E-state index >= 15 is 0 Å². The quantitative estimate of drug-likeness (QED) is 0.0229. The van der Waals surface area contributed by atoms with Crippen LogP contribution in [0, 0.1) is 0 Å². The second kappa shape index (κ2) is 43.5. The first kappa shape index (κ1) is 67.3. The molecule has 444 valence electrons. The lowest BCUT2D eigenvalue weighted by Crippen LogP contribution is -2.44. The Morgan fingerprint density at radius 2 is 1.00 bits per heavy atom. The summed E-state index contributed by atoms with van der Waals surface area (Å²) in [5.74, 6) is 0.329. The monoisotopic (exact) mass is 1150 g/mol. The van der Waals surface area contributed by atoms with Gasteiger partial charge in [-0.3, -0.25) is 19.1 Å². The number of aryl methyl sites for hydroxylation is 1. The summed E-state index contributed by atoms with van der Waals surface area (Å²) in [4.78, 5) is 40.1. The Labute approximate surface area is 473 Å². The van der Waals surface area contributed by atoms with E-state index in [0.717, 1.165) is 23.5 Å². The lowest BCUT2D eigenvalue weighted by atomic mass is 9.84. The van der Waals surface area contributed by atoms with Gasteiger partial charge in [-0.2, -0.15) is 0 Å². The van der Waals surface area contributed by atoms with Crippen LogP contribution in [0.15, 0.2) is 82.6 Å². The van der Waals surface area contributed by atoms with E-state index in [4.69, 9.17) is 58.8 Å². The highest BCUT2D eigenvalue weighted by atomic mass is 32.2. The van der Waals surface area contributed by atoms with Crippen LogP contribution in [-0.4, -0.2) is 191 Å². The molecule has 10 N–H and O–H groups in total. The number of nitrogens with one attached hydrogen (secondary N) is 5. The number of fused-ring (bicyclic) bond motifs is 1. The van der Waals surface area contributed by atoms with Crippen molar-refractivity contribution in [3.05, 3.63) is 83.9 Å². The highest BCUT2D eigenvalue weighted by Gasteiger charge is 2.28. The molecule has 0 aliphatic heterocycles. The maximum atomic E-state index is 12.9. The lowest BCUT2D eigenvalue weighted by Gasteiger charge is -2.29. The number of carbonyl (C=O) groups is 3. The smallest absolute Gasteiger partial charge is 0.220 e. The average Bonchev–Trinajstić information content (AvgIpc) is 3.90. The zero-order chi connectivity index (χ0) is 56.3. The van der Waals surface area contributed by atoms with Crippen molar-refractivity contribution >= 4 is 41.0 Å². The molecule has 4 rings (SSSR count). The number of carbonyl (C=O) groups excluding carboxylic acids is 3. The van der Waals surface area contributed by atoms with Crippen LogP contribution in [0.3, 0.4) is 0 Å². The molecule has 3 aromatic rings. The first-order valence-corrected chi connectivity index (χ1v) is 29.3. The number of benzene rings is 3. The van der Waals surface area contributed by atoms with Crippen LogP contribution in [-0.2, 0) is 74.8 Å². The van der Waals surface area contributed by atoms with Gasteiger partial charge >= 0.3 is 0 Å². The van der Waals surface area contributed by atoms with Crippen molar-refractivity contribution in [2.75, 3.05) is 158 Å². The minimum absolute atomic E-state index is 0.0349. The molecule has 24 heteroatoms. The van der Waals surface area contributed by atoms with Crippen molar-refractivity contribution in [2.24, 2.45) is 11.5 Å². The largest absolute Gasteiger partial charge is 0.593 e. The second-order valence-corrected chi connectivity index (χ2v) is 20.4. The third-order valence-electron chi connectivity index (χ3n) is 12.0. The van der Waals surface area contributed by atoms with Gasteiger partial charge in [-0.15, -0.1) is 4.72 Å². The molecule has 0 fully saturated rings. The van der Waals surface area contributed by atoms with Crippen molar-refractivity contribution in [3.63, 3.8) is 0 Å². The third-order valence-corrected chi connectivity index (χ3v) is 14.0. The van der Waals surface area contributed by atoms with E-state index in [0.29, 0.717) is 150 Å². The SMILES string of the molecule is NCCOCCOCCOCCNC(=O)CCC(N)(CCC(=O)NCCOCCOCCOCCNSc1ccc(O)cc1)CCC(=O)NCCOCCOCCOCCN[S+]([O-])c1ccc(O[C@@H]2CCc3ccccc32)cc1. The fourth-order valence-electron chi connectivity index (χ4n) is 7.72. The number of amides is 3. The number of phenols is 1. The van der Waals surface area contributed by atoms with Crippen LogP contribution >= 0.6 is 11.9 Å². The van der Waals surface area contributed by atoms with Gasteiger partial charge in [-0.1, -0.05) is 24.3 Å². The molecular weight excluding hydrogens is 1060 g/mol. The predicted octanol–water partition coefficient (Wildman–Crippen LogP) is 2.86. The number of phenolic OH excluding ortho intramolecular Hbond substituents is 1. The maximum absolute atomic E-state index is 12.9. The fourth-order valence-corrected chi connectivity index (χ4v) is 9.17. The summed E-state index contributed by atoms with van der Waals surface area (Å²) in [6.45, 7) is 9.38. The van der Waals surface area contributed by atoms with Gasteiger partial charge < -0.3 is 84.4 Å². The zero-order valence-electron chi connectivity index (χ0n) is 45.8. The van der Waals surface area contributed by atoms with Gasteiger partial charge in [0.2, 0.25) is 17.7 Å². The molecule has 0 heterocycles. The predicted molar refractivity (Wildman–Crippen MR) is 301 cm³/mol. The van der Waals surface area contributed by atoms with E-state index in [1.54, 1.807) is 12.1 Å². The fraction of sp³-hybridized carbons (Fsp3) is 0.618. The summed E-state index contributed by atoms with van der Waals surface area (Å²) in [6, 6.07) is 22.6. The third kappa shape index (κ3) is 32.7. The Kier molecular flexibility index (Phi) is 37.1. The van der Waals surface area contributed by atoms with E-state index in [-0.39, 0.29) is 81.3 Å². The number of rotatable bonds is 50. The summed E-state index contributed by atoms with van der Waals surface area (Å²) < 4.78 is 74.8. The van der Waals surface area contributed by atoms with E-state index in [2.05, 4.69) is 43.6 Å². The van der Waals surface area contributed by atoms with E-state index in [1.165, 1.54) is 23.1 Å². The van der Waals surface area contributed by atoms with Gasteiger partial charge in [0.25, 0.3) is 0 Å². The summed E-state index contributed by atoms with van der Waals surface area (Å²) in [7, 11) is 0. The van der Waals surface area contributed by atoms with Crippen LogP contribution in [0.2, 0.25) is 0 Å². The van der Waals surface area contributed by atoms with Crippen LogP contribution in [0.1, 0.15) is 62.2 Å². The molecule has 1 aliphatic rings. The van der Waals surface area contributed by atoms with Crippen molar-refractivity contribution in [2.45, 2.75) is 72.8 Å².